The third-order valence-electron chi connectivity index (χ3n) is 3.37. The molecule has 1 nitrogen and oxygen atoms in total. The predicted molar refractivity (Wildman–Crippen MR) is 84.6 cm³/mol. The number of hydrogen-bond donors (Lipinski definition) is 1. The Morgan fingerprint density at radius 2 is 1.53 bits per heavy atom. The summed E-state index contributed by atoms with van der Waals surface area (Å²) in [6, 6.07) is 4.77. The maximum Gasteiger partial charge on any atom is 0.0631 e. The summed E-state index contributed by atoms with van der Waals surface area (Å²) in [5.74, 6) is 0.893. The minimum Gasteiger partial charge on any atom is -0.380 e. The fourth-order valence-electron chi connectivity index (χ4n) is 2.29. The summed E-state index contributed by atoms with van der Waals surface area (Å²) in [6.45, 7) is 2.35. The second-order valence-corrected chi connectivity index (χ2v) is 7.47. The molecule has 0 unspecified atom stereocenters. The lowest BCUT2D eigenvalue weighted by molar-refractivity contribution is 0.361. The fourth-order valence-corrected chi connectivity index (χ4v) is 4.78. The van der Waals surface area contributed by atoms with Crippen LogP contribution in [0.15, 0.2) is 25.6 Å². The standard InChI is InChI=1S/C13H16Br3N/c1-8-2-4-10(5-3-8)17-13-11(15)6-9(14)7-12(13)16/h6-8,10,17H,2-5H2,1H3. The van der Waals surface area contributed by atoms with E-state index in [1.165, 1.54) is 31.4 Å². The van der Waals surface area contributed by atoms with Gasteiger partial charge >= 0.3 is 0 Å². The summed E-state index contributed by atoms with van der Waals surface area (Å²) in [5, 5.41) is 3.65. The monoisotopic (exact) mass is 423 g/mol. The third kappa shape index (κ3) is 3.71. The average molecular weight is 426 g/mol. The molecule has 1 N–H and O–H groups in total. The summed E-state index contributed by atoms with van der Waals surface area (Å²) < 4.78 is 3.30. The Morgan fingerprint density at radius 1 is 1.00 bits per heavy atom. The van der Waals surface area contributed by atoms with Crippen LogP contribution < -0.4 is 5.32 Å². The van der Waals surface area contributed by atoms with Crippen LogP contribution in [0.25, 0.3) is 0 Å². The van der Waals surface area contributed by atoms with E-state index >= 15 is 0 Å². The zero-order valence-electron chi connectivity index (χ0n) is 9.77. The van der Waals surface area contributed by atoms with Crippen molar-refractivity contribution >= 4 is 53.5 Å². The summed E-state index contributed by atoms with van der Waals surface area (Å²) >= 11 is 10.7. The summed E-state index contributed by atoms with van der Waals surface area (Å²) in [6.07, 6.45) is 5.22. The molecule has 0 aromatic heterocycles. The highest BCUT2D eigenvalue weighted by atomic mass is 79.9. The topological polar surface area (TPSA) is 12.0 Å². The Labute approximate surface area is 128 Å². The Balaban J connectivity index is 2.08. The molecule has 2 rings (SSSR count). The quantitative estimate of drug-likeness (QED) is 0.616. The molecular weight excluding hydrogens is 410 g/mol. The van der Waals surface area contributed by atoms with Crippen molar-refractivity contribution in [3.05, 3.63) is 25.6 Å². The lowest BCUT2D eigenvalue weighted by atomic mass is 9.87. The molecule has 0 amide bonds. The highest BCUT2D eigenvalue weighted by Crippen LogP contribution is 2.36. The first-order valence-corrected chi connectivity index (χ1v) is 8.35. The molecule has 1 aromatic carbocycles. The van der Waals surface area contributed by atoms with Crippen molar-refractivity contribution in [2.45, 2.75) is 38.6 Å². The zero-order chi connectivity index (χ0) is 12.4. The van der Waals surface area contributed by atoms with E-state index in [4.69, 9.17) is 0 Å². The van der Waals surface area contributed by atoms with Crippen molar-refractivity contribution in [2.24, 2.45) is 5.92 Å². The minimum atomic E-state index is 0.611. The van der Waals surface area contributed by atoms with E-state index in [0.29, 0.717) is 6.04 Å². The maximum absolute atomic E-state index is 3.65. The van der Waals surface area contributed by atoms with Gasteiger partial charge in [-0.1, -0.05) is 22.9 Å². The number of anilines is 1. The van der Waals surface area contributed by atoms with Gasteiger partial charge in [-0.15, -0.1) is 0 Å². The van der Waals surface area contributed by atoms with Crippen LogP contribution in [0.3, 0.4) is 0 Å². The maximum atomic E-state index is 3.65. The Kier molecular flexibility index (Phi) is 4.96. The molecule has 1 saturated carbocycles. The number of nitrogens with one attached hydrogen (secondary N) is 1. The van der Waals surface area contributed by atoms with Crippen LogP contribution in [0.1, 0.15) is 32.6 Å². The van der Waals surface area contributed by atoms with E-state index in [2.05, 4.69) is 72.2 Å². The van der Waals surface area contributed by atoms with Crippen LogP contribution in [0.2, 0.25) is 0 Å². The number of rotatable bonds is 2. The van der Waals surface area contributed by atoms with Crippen molar-refractivity contribution in [1.29, 1.82) is 0 Å². The second-order valence-electron chi connectivity index (χ2n) is 4.85. The van der Waals surface area contributed by atoms with Crippen LogP contribution in [-0.4, -0.2) is 6.04 Å². The van der Waals surface area contributed by atoms with Gasteiger partial charge < -0.3 is 5.32 Å². The van der Waals surface area contributed by atoms with Crippen molar-refractivity contribution in [2.75, 3.05) is 5.32 Å². The molecule has 1 aliphatic rings. The van der Waals surface area contributed by atoms with Gasteiger partial charge in [0.2, 0.25) is 0 Å². The number of benzene rings is 1. The summed E-state index contributed by atoms with van der Waals surface area (Å²) in [7, 11) is 0. The molecule has 0 bridgehead atoms. The third-order valence-corrected chi connectivity index (χ3v) is 5.08. The first-order chi connectivity index (χ1) is 8.06. The second kappa shape index (κ2) is 6.07. The van der Waals surface area contributed by atoms with Crippen LogP contribution in [0.4, 0.5) is 5.69 Å². The van der Waals surface area contributed by atoms with Gasteiger partial charge in [0.05, 0.1) is 5.69 Å². The first kappa shape index (κ1) is 13.9. The molecule has 0 saturated heterocycles. The van der Waals surface area contributed by atoms with Crippen LogP contribution in [-0.2, 0) is 0 Å². The lowest BCUT2D eigenvalue weighted by Crippen LogP contribution is -2.25. The van der Waals surface area contributed by atoms with Gasteiger partial charge in [0.25, 0.3) is 0 Å². The number of hydrogen-bond acceptors (Lipinski definition) is 1. The van der Waals surface area contributed by atoms with Crippen molar-refractivity contribution < 1.29 is 0 Å². The molecule has 0 heterocycles. The predicted octanol–water partition coefficient (Wildman–Crippen LogP) is 5.96. The molecule has 1 fully saturated rings. The van der Waals surface area contributed by atoms with Gasteiger partial charge in [-0.3, -0.25) is 0 Å². The van der Waals surface area contributed by atoms with Gasteiger partial charge in [-0.05, 0) is 75.6 Å². The van der Waals surface area contributed by atoms with Crippen LogP contribution >= 0.6 is 47.8 Å². The van der Waals surface area contributed by atoms with Crippen molar-refractivity contribution in [3.63, 3.8) is 0 Å². The average Bonchev–Trinajstić information content (AvgIpc) is 2.26. The molecular formula is C13H16Br3N. The van der Waals surface area contributed by atoms with E-state index < -0.39 is 0 Å². The van der Waals surface area contributed by atoms with E-state index in [0.717, 1.165) is 19.3 Å². The van der Waals surface area contributed by atoms with E-state index in [1.807, 2.05) is 0 Å². The number of halogens is 3. The first-order valence-electron chi connectivity index (χ1n) is 5.97. The molecule has 0 aliphatic heterocycles. The molecule has 94 valence electrons. The smallest absolute Gasteiger partial charge is 0.0631 e. The van der Waals surface area contributed by atoms with Gasteiger partial charge in [-0.2, -0.15) is 0 Å². The molecule has 0 atom stereocenters. The largest absolute Gasteiger partial charge is 0.380 e. The molecule has 1 aliphatic carbocycles. The van der Waals surface area contributed by atoms with Gasteiger partial charge in [0.15, 0.2) is 0 Å². The Bertz CT molecular complexity index is 375. The highest BCUT2D eigenvalue weighted by Gasteiger charge is 2.19. The van der Waals surface area contributed by atoms with Gasteiger partial charge in [0.1, 0.15) is 0 Å². The summed E-state index contributed by atoms with van der Waals surface area (Å²) in [5.41, 5.74) is 1.17. The van der Waals surface area contributed by atoms with E-state index in [9.17, 15) is 0 Å². The SMILES string of the molecule is CC1CCC(Nc2c(Br)cc(Br)cc2Br)CC1. The molecule has 0 spiro atoms. The molecule has 4 heteroatoms. The van der Waals surface area contributed by atoms with Gasteiger partial charge in [-0.25, -0.2) is 0 Å². The lowest BCUT2D eigenvalue weighted by Gasteiger charge is -2.28. The molecule has 1 aromatic rings. The highest BCUT2D eigenvalue weighted by molar-refractivity contribution is 9.11. The summed E-state index contributed by atoms with van der Waals surface area (Å²) in [4.78, 5) is 0. The minimum absolute atomic E-state index is 0.611. The van der Waals surface area contributed by atoms with Crippen LogP contribution in [0.5, 0.6) is 0 Å². The van der Waals surface area contributed by atoms with E-state index in [-0.39, 0.29) is 0 Å². The van der Waals surface area contributed by atoms with E-state index in [1.54, 1.807) is 0 Å². The van der Waals surface area contributed by atoms with Crippen LogP contribution in [0, 0.1) is 5.92 Å². The zero-order valence-corrected chi connectivity index (χ0v) is 14.5. The van der Waals surface area contributed by atoms with Gasteiger partial charge in [0, 0.05) is 19.5 Å². The fraction of sp³-hybridized carbons (Fsp3) is 0.538. The molecule has 17 heavy (non-hydrogen) atoms. The Hall–Kier alpha value is 0.460. The normalized spacial score (nSPS) is 24.7. The molecule has 0 radical (unpaired) electrons. The van der Waals surface area contributed by atoms with Crippen molar-refractivity contribution in [3.8, 4) is 0 Å². The Morgan fingerprint density at radius 3 is 2.06 bits per heavy atom. The van der Waals surface area contributed by atoms with Crippen molar-refractivity contribution in [1.82, 2.24) is 0 Å².